The molecule has 148 valence electrons. The van der Waals surface area contributed by atoms with E-state index in [4.69, 9.17) is 9.72 Å². The molecule has 0 unspecified atom stereocenters. The van der Waals surface area contributed by atoms with Crippen LogP contribution in [0.2, 0.25) is 0 Å². The molecule has 1 aromatic carbocycles. The Bertz CT molecular complexity index is 869. The summed E-state index contributed by atoms with van der Waals surface area (Å²) in [4.78, 5) is 4.74. The molecule has 0 saturated carbocycles. The molecular formula is C22H28N4OS. The van der Waals surface area contributed by atoms with Crippen LogP contribution in [0.15, 0.2) is 41.1 Å². The van der Waals surface area contributed by atoms with Crippen molar-refractivity contribution in [1.82, 2.24) is 15.2 Å². The first kappa shape index (κ1) is 19.2. The van der Waals surface area contributed by atoms with E-state index in [1.165, 1.54) is 5.57 Å². The molecular weight excluding hydrogens is 368 g/mol. The summed E-state index contributed by atoms with van der Waals surface area (Å²) < 4.78 is 6.46. The first-order chi connectivity index (χ1) is 13.7. The maximum atomic E-state index is 6.46. The van der Waals surface area contributed by atoms with Crippen molar-refractivity contribution in [3.8, 4) is 17.1 Å². The number of unbranched alkanes of at least 4 members (excludes halogenated alkanes) is 1. The smallest absolute Gasteiger partial charge is 0.247 e. The molecule has 1 N–H and O–H groups in total. The largest absolute Gasteiger partial charge is 0.452 e. The van der Waals surface area contributed by atoms with Crippen molar-refractivity contribution in [3.05, 3.63) is 35.9 Å². The molecule has 2 aromatic rings. The number of fused-ring (bicyclic) bond motifs is 3. The van der Waals surface area contributed by atoms with Crippen molar-refractivity contribution in [2.24, 2.45) is 11.8 Å². The van der Waals surface area contributed by atoms with Gasteiger partial charge in [-0.25, -0.2) is 0 Å². The van der Waals surface area contributed by atoms with Crippen LogP contribution in [0.5, 0.6) is 5.88 Å². The van der Waals surface area contributed by atoms with Crippen molar-refractivity contribution in [1.29, 1.82) is 0 Å². The lowest BCUT2D eigenvalue weighted by atomic mass is 9.80. The van der Waals surface area contributed by atoms with Crippen LogP contribution in [0.4, 0.5) is 5.69 Å². The zero-order valence-corrected chi connectivity index (χ0v) is 17.6. The van der Waals surface area contributed by atoms with Crippen LogP contribution in [-0.4, -0.2) is 27.2 Å². The molecule has 0 amide bonds. The van der Waals surface area contributed by atoms with Crippen molar-refractivity contribution < 1.29 is 4.74 Å². The predicted molar refractivity (Wildman–Crippen MR) is 115 cm³/mol. The van der Waals surface area contributed by atoms with E-state index < -0.39 is 0 Å². The van der Waals surface area contributed by atoms with E-state index in [1.54, 1.807) is 11.8 Å². The number of para-hydroxylation sites is 1. The minimum absolute atomic E-state index is 0.132. The van der Waals surface area contributed by atoms with Gasteiger partial charge in [0.05, 0.1) is 0 Å². The highest BCUT2D eigenvalue weighted by Crippen LogP contribution is 2.40. The van der Waals surface area contributed by atoms with Crippen LogP contribution in [0.1, 0.15) is 46.5 Å². The zero-order chi connectivity index (χ0) is 19.5. The molecule has 3 atom stereocenters. The highest BCUT2D eigenvalue weighted by Gasteiger charge is 2.34. The third-order valence-corrected chi connectivity index (χ3v) is 6.51. The fraction of sp³-hybridized carbons (Fsp3) is 0.500. The van der Waals surface area contributed by atoms with E-state index >= 15 is 0 Å². The lowest BCUT2D eigenvalue weighted by Crippen LogP contribution is -2.39. The molecule has 4 rings (SSSR count). The van der Waals surface area contributed by atoms with Gasteiger partial charge in [0.2, 0.25) is 11.0 Å². The van der Waals surface area contributed by atoms with Gasteiger partial charge < -0.3 is 10.1 Å². The van der Waals surface area contributed by atoms with E-state index in [-0.39, 0.29) is 6.23 Å². The minimum Gasteiger partial charge on any atom is -0.452 e. The molecule has 0 spiro atoms. The van der Waals surface area contributed by atoms with Crippen molar-refractivity contribution in [2.75, 3.05) is 11.1 Å². The number of hydrogen-bond donors (Lipinski definition) is 1. The summed E-state index contributed by atoms with van der Waals surface area (Å²) in [5, 5.41) is 13.2. The van der Waals surface area contributed by atoms with E-state index in [2.05, 4.69) is 54.5 Å². The second kappa shape index (κ2) is 8.52. The van der Waals surface area contributed by atoms with Crippen molar-refractivity contribution in [3.63, 3.8) is 0 Å². The van der Waals surface area contributed by atoms with Gasteiger partial charge >= 0.3 is 0 Å². The Hall–Kier alpha value is -2.08. The van der Waals surface area contributed by atoms with Crippen LogP contribution in [0, 0.1) is 11.8 Å². The minimum atomic E-state index is -0.132. The number of aromatic nitrogens is 3. The summed E-state index contributed by atoms with van der Waals surface area (Å²) in [6, 6.07) is 8.20. The fourth-order valence-electron chi connectivity index (χ4n) is 3.96. The summed E-state index contributed by atoms with van der Waals surface area (Å²) in [5.41, 5.74) is 4.23. The van der Waals surface area contributed by atoms with Gasteiger partial charge in [0.15, 0.2) is 11.9 Å². The molecule has 0 fully saturated rings. The van der Waals surface area contributed by atoms with Crippen LogP contribution in [-0.2, 0) is 0 Å². The summed E-state index contributed by atoms with van der Waals surface area (Å²) in [6.45, 7) is 6.72. The van der Waals surface area contributed by atoms with Gasteiger partial charge in [-0.3, -0.25) is 0 Å². The van der Waals surface area contributed by atoms with Gasteiger partial charge in [0, 0.05) is 22.9 Å². The second-order valence-corrected chi connectivity index (χ2v) is 8.87. The molecule has 1 aliphatic carbocycles. The molecule has 2 aliphatic rings. The maximum absolute atomic E-state index is 6.46. The average molecular weight is 397 g/mol. The molecule has 2 heterocycles. The Balaban J connectivity index is 1.68. The summed E-state index contributed by atoms with van der Waals surface area (Å²) in [6.07, 6.45) is 6.64. The number of hydrogen-bond acceptors (Lipinski definition) is 6. The van der Waals surface area contributed by atoms with Crippen LogP contribution < -0.4 is 10.1 Å². The standard InChI is InChI=1S/C22H28N4OS/c1-4-5-12-28-22-24-21-19(25-26-22)17-8-6-7-9-18(17)23-20(27-21)16-11-10-14(2)13-15(16)3/h6-10,15-16,20,23H,4-5,11-13H2,1-3H3/t15-,16+,20+/m0/s1. The average Bonchev–Trinajstić information content (AvgIpc) is 2.84. The van der Waals surface area contributed by atoms with E-state index in [1.807, 2.05) is 12.1 Å². The Morgan fingerprint density at radius 3 is 2.93 bits per heavy atom. The molecule has 1 aromatic heterocycles. The van der Waals surface area contributed by atoms with Crippen LogP contribution in [0.3, 0.4) is 0 Å². The Morgan fingerprint density at radius 1 is 1.25 bits per heavy atom. The third-order valence-electron chi connectivity index (χ3n) is 5.59. The number of nitrogens with zero attached hydrogens (tertiary/aromatic N) is 3. The van der Waals surface area contributed by atoms with Gasteiger partial charge in [-0.15, -0.1) is 10.2 Å². The summed E-state index contributed by atoms with van der Waals surface area (Å²) in [7, 11) is 0. The molecule has 1 aliphatic heterocycles. The number of rotatable bonds is 5. The number of anilines is 1. The molecule has 6 heteroatoms. The highest BCUT2D eigenvalue weighted by atomic mass is 32.2. The molecule has 0 saturated heterocycles. The molecule has 0 radical (unpaired) electrons. The van der Waals surface area contributed by atoms with Gasteiger partial charge in [-0.2, -0.15) is 4.98 Å². The van der Waals surface area contributed by atoms with Crippen LogP contribution in [0.25, 0.3) is 11.3 Å². The lowest BCUT2D eigenvalue weighted by Gasteiger charge is -2.34. The van der Waals surface area contributed by atoms with Gasteiger partial charge in [0.1, 0.15) is 0 Å². The third kappa shape index (κ3) is 4.02. The van der Waals surface area contributed by atoms with Crippen LogP contribution >= 0.6 is 11.8 Å². The number of ether oxygens (including phenoxy) is 1. The van der Waals surface area contributed by atoms with E-state index in [9.17, 15) is 0 Å². The topological polar surface area (TPSA) is 59.9 Å². The van der Waals surface area contributed by atoms with Gasteiger partial charge in [-0.1, -0.05) is 61.9 Å². The van der Waals surface area contributed by atoms with E-state index in [0.717, 1.165) is 48.4 Å². The summed E-state index contributed by atoms with van der Waals surface area (Å²) in [5.74, 6) is 2.52. The normalized spacial score (nSPS) is 23.5. The highest BCUT2D eigenvalue weighted by molar-refractivity contribution is 7.99. The Kier molecular flexibility index (Phi) is 5.85. The van der Waals surface area contributed by atoms with Gasteiger partial charge in [0.25, 0.3) is 0 Å². The first-order valence-corrected chi connectivity index (χ1v) is 11.2. The van der Waals surface area contributed by atoms with Crippen molar-refractivity contribution >= 4 is 17.4 Å². The zero-order valence-electron chi connectivity index (χ0n) is 16.8. The van der Waals surface area contributed by atoms with Gasteiger partial charge in [-0.05, 0) is 38.2 Å². The van der Waals surface area contributed by atoms with E-state index in [0.29, 0.717) is 22.9 Å². The number of allylic oxidation sites excluding steroid dienone is 2. The summed E-state index contributed by atoms with van der Waals surface area (Å²) >= 11 is 1.65. The number of thioether (sulfide) groups is 1. The lowest BCUT2D eigenvalue weighted by molar-refractivity contribution is 0.114. The predicted octanol–water partition coefficient (Wildman–Crippen LogP) is 5.55. The molecule has 0 bridgehead atoms. The number of benzene rings is 1. The SMILES string of the molecule is CCCCSc1nnc2c(n1)O[C@H]([C@@H]1CC=C(C)C[C@@H]1C)Nc1ccccc1-2. The number of nitrogens with one attached hydrogen (secondary N) is 1. The second-order valence-electron chi connectivity index (χ2n) is 7.81. The van der Waals surface area contributed by atoms with Crippen molar-refractivity contribution in [2.45, 2.75) is 57.8 Å². The monoisotopic (exact) mass is 396 g/mol. The Labute approximate surface area is 171 Å². The fourth-order valence-corrected chi connectivity index (χ4v) is 4.83. The first-order valence-electron chi connectivity index (χ1n) is 10.2. The quantitative estimate of drug-likeness (QED) is 0.406. The Morgan fingerprint density at radius 2 is 2.11 bits per heavy atom. The molecule has 28 heavy (non-hydrogen) atoms. The molecule has 5 nitrogen and oxygen atoms in total. The maximum Gasteiger partial charge on any atom is 0.247 e.